The van der Waals surface area contributed by atoms with Crippen LogP contribution in [0.1, 0.15) is 25.7 Å². The zero-order valence-electron chi connectivity index (χ0n) is 8.99. The fourth-order valence-electron chi connectivity index (χ4n) is 1.17. The number of hydrogen-bond acceptors (Lipinski definition) is 5. The molecule has 84 valence electrons. The maximum Gasteiger partial charge on any atom is 0.322 e. The van der Waals surface area contributed by atoms with E-state index in [1.54, 1.807) is 6.92 Å². The summed E-state index contributed by atoms with van der Waals surface area (Å²) in [7, 11) is 0. The molecule has 1 heterocycles. The monoisotopic (exact) mass is 212 g/mol. The molecule has 1 unspecified atom stereocenters. The Bertz CT molecular complexity index is 320. The van der Waals surface area contributed by atoms with Gasteiger partial charge >= 0.3 is 6.01 Å². The first-order valence-corrected chi connectivity index (χ1v) is 4.95. The van der Waals surface area contributed by atoms with E-state index in [4.69, 9.17) is 10.2 Å². The van der Waals surface area contributed by atoms with E-state index in [-0.39, 0.29) is 17.8 Å². The zero-order valence-corrected chi connectivity index (χ0v) is 8.99. The van der Waals surface area contributed by atoms with E-state index in [1.807, 2.05) is 6.92 Å². The average Bonchev–Trinajstić information content (AvgIpc) is 2.60. The average molecular weight is 212 g/mol. The number of nitrogens with zero attached hydrogens (tertiary/aromatic N) is 2. The van der Waals surface area contributed by atoms with Gasteiger partial charge in [0.05, 0.1) is 0 Å². The number of nitrogens with one attached hydrogen (secondary N) is 1. The van der Waals surface area contributed by atoms with Crippen LogP contribution >= 0.6 is 0 Å². The molecule has 1 aromatic rings. The van der Waals surface area contributed by atoms with Crippen molar-refractivity contribution < 1.29 is 9.21 Å². The molecule has 6 nitrogen and oxygen atoms in total. The van der Waals surface area contributed by atoms with Crippen LogP contribution in [-0.2, 0) is 4.79 Å². The lowest BCUT2D eigenvalue weighted by atomic mass is 10.0. The molecule has 1 amide bonds. The van der Waals surface area contributed by atoms with Crippen molar-refractivity contribution in [2.24, 2.45) is 11.7 Å². The molecule has 6 heteroatoms. The van der Waals surface area contributed by atoms with Crippen molar-refractivity contribution in [1.29, 1.82) is 0 Å². The second kappa shape index (κ2) is 5.45. The van der Waals surface area contributed by atoms with Gasteiger partial charge in [-0.2, -0.15) is 0 Å². The van der Waals surface area contributed by atoms with Crippen molar-refractivity contribution in [2.75, 3.05) is 11.9 Å². The number of amides is 1. The maximum absolute atomic E-state index is 11.5. The van der Waals surface area contributed by atoms with Crippen molar-refractivity contribution in [1.82, 2.24) is 10.2 Å². The third kappa shape index (κ3) is 3.67. The summed E-state index contributed by atoms with van der Waals surface area (Å²) in [5, 5.41) is 9.79. The molecule has 1 atom stereocenters. The summed E-state index contributed by atoms with van der Waals surface area (Å²) in [5.74, 6) is 0.487. The van der Waals surface area contributed by atoms with Crippen LogP contribution < -0.4 is 11.1 Å². The molecule has 1 rings (SSSR count). The topological polar surface area (TPSA) is 94.0 Å². The Kier molecular flexibility index (Phi) is 4.23. The van der Waals surface area contributed by atoms with Crippen molar-refractivity contribution in [3.8, 4) is 0 Å². The van der Waals surface area contributed by atoms with Crippen LogP contribution in [0.3, 0.4) is 0 Å². The highest BCUT2D eigenvalue weighted by Crippen LogP contribution is 2.09. The summed E-state index contributed by atoms with van der Waals surface area (Å²) in [4.78, 5) is 11.5. The summed E-state index contributed by atoms with van der Waals surface area (Å²) in [6, 6.07) is 0.143. The van der Waals surface area contributed by atoms with Gasteiger partial charge in [0.2, 0.25) is 11.8 Å². The molecular weight excluding hydrogens is 196 g/mol. The lowest BCUT2D eigenvalue weighted by Gasteiger charge is -2.09. The molecule has 3 N–H and O–H groups in total. The van der Waals surface area contributed by atoms with Crippen LogP contribution in [-0.4, -0.2) is 22.6 Å². The minimum atomic E-state index is -0.143. The number of carbonyl (C=O) groups is 1. The van der Waals surface area contributed by atoms with Gasteiger partial charge in [0, 0.05) is 13.3 Å². The van der Waals surface area contributed by atoms with E-state index in [1.165, 1.54) is 0 Å². The Morgan fingerprint density at radius 1 is 1.60 bits per heavy atom. The molecule has 0 aliphatic carbocycles. The molecule has 0 aliphatic heterocycles. The fraction of sp³-hybridized carbons (Fsp3) is 0.667. The minimum Gasteiger partial charge on any atom is -0.408 e. The summed E-state index contributed by atoms with van der Waals surface area (Å²) >= 11 is 0. The predicted molar refractivity (Wildman–Crippen MR) is 55.1 cm³/mol. The summed E-state index contributed by atoms with van der Waals surface area (Å²) < 4.78 is 5.02. The third-order valence-electron chi connectivity index (χ3n) is 2.16. The number of hydrogen-bond donors (Lipinski definition) is 2. The maximum atomic E-state index is 11.5. The summed E-state index contributed by atoms with van der Waals surface area (Å²) in [6.07, 6.45) is 1.27. The Labute approximate surface area is 88.2 Å². The number of nitrogens with two attached hydrogens (primary N) is 1. The van der Waals surface area contributed by atoms with Crippen molar-refractivity contribution >= 4 is 11.9 Å². The van der Waals surface area contributed by atoms with Gasteiger partial charge in [0.25, 0.3) is 0 Å². The first kappa shape index (κ1) is 11.6. The molecule has 15 heavy (non-hydrogen) atoms. The Morgan fingerprint density at radius 2 is 2.33 bits per heavy atom. The second-order valence-electron chi connectivity index (χ2n) is 3.39. The van der Waals surface area contributed by atoms with Crippen molar-refractivity contribution in [2.45, 2.75) is 26.7 Å². The lowest BCUT2D eigenvalue weighted by molar-refractivity contribution is -0.117. The van der Waals surface area contributed by atoms with Gasteiger partial charge in [-0.3, -0.25) is 10.1 Å². The quantitative estimate of drug-likeness (QED) is 0.748. The normalized spacial score (nSPS) is 12.5. The van der Waals surface area contributed by atoms with Gasteiger partial charge in [-0.25, -0.2) is 0 Å². The van der Waals surface area contributed by atoms with Gasteiger partial charge in [-0.05, 0) is 12.5 Å². The molecule has 0 bridgehead atoms. The van der Waals surface area contributed by atoms with Gasteiger partial charge in [-0.15, -0.1) is 5.10 Å². The second-order valence-corrected chi connectivity index (χ2v) is 3.39. The van der Waals surface area contributed by atoms with Crippen LogP contribution in [0.5, 0.6) is 0 Å². The van der Waals surface area contributed by atoms with E-state index in [0.717, 1.165) is 6.42 Å². The predicted octanol–water partition coefficient (Wildman–Crippen LogP) is 0.692. The van der Waals surface area contributed by atoms with Gasteiger partial charge < -0.3 is 10.2 Å². The molecule has 0 aromatic carbocycles. The highest BCUT2D eigenvalue weighted by Gasteiger charge is 2.12. The van der Waals surface area contributed by atoms with Crippen LogP contribution in [0.4, 0.5) is 6.01 Å². The van der Waals surface area contributed by atoms with E-state index in [9.17, 15) is 4.79 Å². The van der Waals surface area contributed by atoms with Gasteiger partial charge in [0.1, 0.15) is 0 Å². The minimum absolute atomic E-state index is 0.143. The van der Waals surface area contributed by atoms with E-state index >= 15 is 0 Å². The highest BCUT2D eigenvalue weighted by atomic mass is 16.4. The Hall–Kier alpha value is -1.43. The van der Waals surface area contributed by atoms with Gasteiger partial charge in [0.15, 0.2) is 0 Å². The Morgan fingerprint density at radius 3 is 2.80 bits per heavy atom. The van der Waals surface area contributed by atoms with Crippen LogP contribution in [0.15, 0.2) is 4.42 Å². The van der Waals surface area contributed by atoms with E-state index in [0.29, 0.717) is 18.9 Å². The zero-order chi connectivity index (χ0) is 11.3. The standard InChI is InChI=1S/C9H16N4O2/c1-3-7(5-10)4-8(14)11-9-13-12-6(2)15-9/h7H,3-5,10H2,1-2H3,(H,11,13,14). The number of aryl methyl sites for hydroxylation is 1. The molecule has 0 saturated heterocycles. The number of rotatable bonds is 5. The largest absolute Gasteiger partial charge is 0.408 e. The smallest absolute Gasteiger partial charge is 0.322 e. The number of anilines is 1. The van der Waals surface area contributed by atoms with Crippen LogP contribution in [0.2, 0.25) is 0 Å². The highest BCUT2D eigenvalue weighted by molar-refractivity contribution is 5.88. The summed E-state index contributed by atoms with van der Waals surface area (Å²) in [6.45, 7) is 4.17. The lowest BCUT2D eigenvalue weighted by Crippen LogP contribution is -2.21. The number of aromatic nitrogens is 2. The van der Waals surface area contributed by atoms with E-state index in [2.05, 4.69) is 15.5 Å². The first-order valence-electron chi connectivity index (χ1n) is 4.95. The Balaban J connectivity index is 2.42. The van der Waals surface area contributed by atoms with Gasteiger partial charge in [-0.1, -0.05) is 18.4 Å². The van der Waals surface area contributed by atoms with Crippen LogP contribution in [0.25, 0.3) is 0 Å². The number of carbonyl (C=O) groups excluding carboxylic acids is 1. The molecular formula is C9H16N4O2. The molecule has 0 radical (unpaired) electrons. The molecule has 1 aromatic heterocycles. The molecule has 0 aliphatic rings. The third-order valence-corrected chi connectivity index (χ3v) is 2.16. The first-order chi connectivity index (χ1) is 7.15. The fourth-order valence-corrected chi connectivity index (χ4v) is 1.17. The van der Waals surface area contributed by atoms with Crippen molar-refractivity contribution in [3.05, 3.63) is 5.89 Å². The van der Waals surface area contributed by atoms with E-state index < -0.39 is 0 Å². The molecule has 0 saturated carbocycles. The summed E-state index contributed by atoms with van der Waals surface area (Å²) in [5.41, 5.74) is 5.50. The van der Waals surface area contributed by atoms with Crippen LogP contribution in [0, 0.1) is 12.8 Å². The SMILES string of the molecule is CCC(CN)CC(=O)Nc1nnc(C)o1. The molecule has 0 fully saturated rings. The molecule has 0 spiro atoms. The van der Waals surface area contributed by atoms with Crippen molar-refractivity contribution in [3.63, 3.8) is 0 Å².